The largest absolute Gasteiger partial charge is 0.370 e. The number of unbranched alkanes of at least 4 members (excludes halogenated alkanes) is 1. The predicted molar refractivity (Wildman–Crippen MR) is 81.2 cm³/mol. The van der Waals surface area contributed by atoms with Crippen molar-refractivity contribution in [3.05, 3.63) is 34.4 Å². The molecule has 1 atom stereocenters. The normalized spacial score (nSPS) is 18.1. The molecule has 1 N–H and O–H groups in total. The van der Waals surface area contributed by atoms with Crippen molar-refractivity contribution in [2.75, 3.05) is 24.5 Å². The molecule has 1 aliphatic rings. The van der Waals surface area contributed by atoms with Gasteiger partial charge in [-0.3, -0.25) is 10.1 Å². The van der Waals surface area contributed by atoms with Crippen LogP contribution in [0.15, 0.2) is 24.3 Å². The second-order valence-electron chi connectivity index (χ2n) is 5.37. The SMILES string of the molecule is CCCCN(CC1CCCN1)c1ccc([N+](=O)[O-])cc1. The maximum atomic E-state index is 10.7. The van der Waals surface area contributed by atoms with Crippen LogP contribution in [-0.2, 0) is 0 Å². The van der Waals surface area contributed by atoms with Crippen molar-refractivity contribution in [1.82, 2.24) is 5.32 Å². The van der Waals surface area contributed by atoms with Gasteiger partial charge in [-0.25, -0.2) is 0 Å². The fourth-order valence-corrected chi connectivity index (χ4v) is 2.64. The van der Waals surface area contributed by atoms with Crippen molar-refractivity contribution >= 4 is 11.4 Å². The monoisotopic (exact) mass is 277 g/mol. The summed E-state index contributed by atoms with van der Waals surface area (Å²) in [4.78, 5) is 12.7. The Morgan fingerprint density at radius 2 is 2.15 bits per heavy atom. The van der Waals surface area contributed by atoms with Crippen LogP contribution in [0, 0.1) is 10.1 Å². The third kappa shape index (κ3) is 3.93. The summed E-state index contributed by atoms with van der Waals surface area (Å²) in [5.74, 6) is 0. The van der Waals surface area contributed by atoms with Crippen molar-refractivity contribution < 1.29 is 4.92 Å². The zero-order valence-electron chi connectivity index (χ0n) is 12.0. The summed E-state index contributed by atoms with van der Waals surface area (Å²) in [7, 11) is 0. The molecular weight excluding hydrogens is 254 g/mol. The van der Waals surface area contributed by atoms with E-state index in [1.807, 2.05) is 12.1 Å². The Kier molecular flexibility index (Phi) is 5.35. The minimum Gasteiger partial charge on any atom is -0.370 e. The lowest BCUT2D eigenvalue weighted by Gasteiger charge is -2.27. The van der Waals surface area contributed by atoms with Crippen molar-refractivity contribution in [3.63, 3.8) is 0 Å². The highest BCUT2D eigenvalue weighted by molar-refractivity contribution is 5.51. The average molecular weight is 277 g/mol. The first-order valence-corrected chi connectivity index (χ1v) is 7.43. The smallest absolute Gasteiger partial charge is 0.269 e. The first-order valence-electron chi connectivity index (χ1n) is 7.43. The Morgan fingerprint density at radius 1 is 1.40 bits per heavy atom. The summed E-state index contributed by atoms with van der Waals surface area (Å²) < 4.78 is 0. The maximum Gasteiger partial charge on any atom is 0.269 e. The minimum absolute atomic E-state index is 0.156. The number of hydrogen-bond donors (Lipinski definition) is 1. The number of non-ortho nitro benzene ring substituents is 1. The van der Waals surface area contributed by atoms with E-state index in [1.54, 1.807) is 12.1 Å². The van der Waals surface area contributed by atoms with Crippen LogP contribution in [0.1, 0.15) is 32.6 Å². The molecule has 5 heteroatoms. The Balaban J connectivity index is 2.05. The van der Waals surface area contributed by atoms with Crippen molar-refractivity contribution in [1.29, 1.82) is 0 Å². The number of nitro groups is 1. The average Bonchev–Trinajstić information content (AvgIpc) is 2.96. The molecule has 1 aromatic rings. The first-order chi connectivity index (χ1) is 9.70. The fraction of sp³-hybridized carbons (Fsp3) is 0.600. The number of nitro benzene ring substituents is 1. The van der Waals surface area contributed by atoms with E-state index in [1.165, 1.54) is 12.8 Å². The number of rotatable bonds is 7. The van der Waals surface area contributed by atoms with Gasteiger partial charge in [0.1, 0.15) is 0 Å². The highest BCUT2D eigenvalue weighted by Crippen LogP contribution is 2.21. The number of anilines is 1. The van der Waals surface area contributed by atoms with Gasteiger partial charge >= 0.3 is 0 Å². The summed E-state index contributed by atoms with van der Waals surface area (Å²) >= 11 is 0. The highest BCUT2D eigenvalue weighted by Gasteiger charge is 2.18. The van der Waals surface area contributed by atoms with Crippen LogP contribution in [0.2, 0.25) is 0 Å². The molecule has 0 spiro atoms. The van der Waals surface area contributed by atoms with E-state index in [9.17, 15) is 10.1 Å². The number of hydrogen-bond acceptors (Lipinski definition) is 4. The number of nitrogens with zero attached hydrogens (tertiary/aromatic N) is 2. The predicted octanol–water partition coefficient (Wildman–Crippen LogP) is 2.95. The molecule has 1 aromatic carbocycles. The van der Waals surface area contributed by atoms with E-state index in [4.69, 9.17) is 0 Å². The molecule has 0 aromatic heterocycles. The molecule has 1 saturated heterocycles. The molecule has 1 fully saturated rings. The molecule has 0 amide bonds. The van der Waals surface area contributed by atoms with Crippen LogP contribution in [0.25, 0.3) is 0 Å². The quantitative estimate of drug-likeness (QED) is 0.615. The molecule has 1 unspecified atom stereocenters. The van der Waals surface area contributed by atoms with Gasteiger partial charge in [-0.2, -0.15) is 0 Å². The van der Waals surface area contributed by atoms with Crippen LogP contribution in [0.4, 0.5) is 11.4 Å². The van der Waals surface area contributed by atoms with Crippen molar-refractivity contribution in [3.8, 4) is 0 Å². The van der Waals surface area contributed by atoms with Crippen molar-refractivity contribution in [2.45, 2.75) is 38.6 Å². The molecule has 0 bridgehead atoms. The van der Waals surface area contributed by atoms with Gasteiger partial charge in [0, 0.05) is 37.0 Å². The summed E-state index contributed by atoms with van der Waals surface area (Å²) in [6, 6.07) is 7.46. The third-order valence-electron chi connectivity index (χ3n) is 3.81. The van der Waals surface area contributed by atoms with Crippen LogP contribution in [0.5, 0.6) is 0 Å². The summed E-state index contributed by atoms with van der Waals surface area (Å²) in [5, 5.41) is 14.2. The topological polar surface area (TPSA) is 58.4 Å². The summed E-state index contributed by atoms with van der Waals surface area (Å²) in [5.41, 5.74) is 1.24. The Labute approximate surface area is 120 Å². The van der Waals surface area contributed by atoms with E-state index in [0.717, 1.165) is 38.2 Å². The molecule has 0 radical (unpaired) electrons. The second-order valence-corrected chi connectivity index (χ2v) is 5.37. The number of nitrogens with one attached hydrogen (secondary N) is 1. The van der Waals surface area contributed by atoms with Crippen LogP contribution in [0.3, 0.4) is 0 Å². The van der Waals surface area contributed by atoms with Crippen LogP contribution in [-0.4, -0.2) is 30.6 Å². The molecule has 0 saturated carbocycles. The van der Waals surface area contributed by atoms with Gasteiger partial charge < -0.3 is 10.2 Å². The molecular formula is C15H23N3O2. The molecule has 0 aliphatic carbocycles. The minimum atomic E-state index is -0.349. The molecule has 20 heavy (non-hydrogen) atoms. The fourth-order valence-electron chi connectivity index (χ4n) is 2.64. The first kappa shape index (κ1) is 14.8. The Bertz CT molecular complexity index is 427. The maximum absolute atomic E-state index is 10.7. The van der Waals surface area contributed by atoms with Gasteiger partial charge in [-0.05, 0) is 37.9 Å². The van der Waals surface area contributed by atoms with E-state index in [-0.39, 0.29) is 10.6 Å². The molecule has 1 heterocycles. The molecule has 5 nitrogen and oxygen atoms in total. The van der Waals surface area contributed by atoms with E-state index in [0.29, 0.717) is 6.04 Å². The molecule has 1 aliphatic heterocycles. The molecule has 2 rings (SSSR count). The Hall–Kier alpha value is -1.62. The van der Waals surface area contributed by atoms with E-state index >= 15 is 0 Å². The zero-order chi connectivity index (χ0) is 14.4. The zero-order valence-corrected chi connectivity index (χ0v) is 12.0. The Morgan fingerprint density at radius 3 is 2.70 bits per heavy atom. The van der Waals surface area contributed by atoms with Gasteiger partial charge in [0.15, 0.2) is 0 Å². The van der Waals surface area contributed by atoms with Gasteiger partial charge in [0.2, 0.25) is 0 Å². The van der Waals surface area contributed by atoms with Crippen molar-refractivity contribution in [2.24, 2.45) is 0 Å². The van der Waals surface area contributed by atoms with Gasteiger partial charge in [0.25, 0.3) is 5.69 Å². The molecule has 110 valence electrons. The summed E-state index contributed by atoms with van der Waals surface area (Å²) in [6.45, 7) is 5.28. The van der Waals surface area contributed by atoms with Gasteiger partial charge in [-0.1, -0.05) is 13.3 Å². The number of benzene rings is 1. The van der Waals surface area contributed by atoms with Crippen LogP contribution >= 0.6 is 0 Å². The highest BCUT2D eigenvalue weighted by atomic mass is 16.6. The summed E-state index contributed by atoms with van der Waals surface area (Å²) in [6.07, 6.45) is 4.76. The van der Waals surface area contributed by atoms with Crippen LogP contribution < -0.4 is 10.2 Å². The van der Waals surface area contributed by atoms with E-state index in [2.05, 4.69) is 17.1 Å². The lowest BCUT2D eigenvalue weighted by Crippen LogP contribution is -2.38. The van der Waals surface area contributed by atoms with Gasteiger partial charge in [-0.15, -0.1) is 0 Å². The second kappa shape index (κ2) is 7.24. The standard InChI is InChI=1S/C15H23N3O2/c1-2-3-11-17(12-13-5-4-10-16-13)14-6-8-15(9-7-14)18(19)20/h6-9,13,16H,2-5,10-12H2,1H3. The lowest BCUT2D eigenvalue weighted by molar-refractivity contribution is -0.384. The third-order valence-corrected chi connectivity index (χ3v) is 3.81. The van der Waals surface area contributed by atoms with Gasteiger partial charge in [0.05, 0.1) is 4.92 Å². The lowest BCUT2D eigenvalue weighted by atomic mass is 10.1. The van der Waals surface area contributed by atoms with E-state index < -0.39 is 0 Å².